The first-order chi connectivity index (χ1) is 15.7. The Morgan fingerprint density at radius 1 is 0.914 bits per heavy atom. The van der Waals surface area contributed by atoms with Crippen molar-refractivity contribution in [2.24, 2.45) is 23.1 Å². The number of halogens is 2. The van der Waals surface area contributed by atoms with Crippen LogP contribution in [0.1, 0.15) is 57.1 Å². The van der Waals surface area contributed by atoms with Crippen molar-refractivity contribution in [3.8, 4) is 11.1 Å². The first-order valence-corrected chi connectivity index (χ1v) is 11.0. The van der Waals surface area contributed by atoms with Crippen LogP contribution in [0.4, 0.5) is 5.69 Å². The van der Waals surface area contributed by atoms with Crippen LogP contribution in [0, 0.1) is 12.8 Å². The number of carbonyl (C=O) groups excluding carboxylic acids is 2. The quantitative estimate of drug-likeness (QED) is 0.351. The van der Waals surface area contributed by atoms with Gasteiger partial charge in [0.25, 0.3) is 5.91 Å². The Kier molecular flexibility index (Phi) is 11.3. The predicted octanol–water partition coefficient (Wildman–Crippen LogP) is 4.37. The highest BCUT2D eigenvalue weighted by molar-refractivity contribution is 6.07. The Hall–Kier alpha value is -2.97. The monoisotopic (exact) mass is 517 g/mol. The maximum Gasteiger partial charge on any atom is 0.255 e. The summed E-state index contributed by atoms with van der Waals surface area (Å²) < 4.78 is 0. The standard InChI is InChI=1S/C26H31N5O2.2ClH/c1-15(2)12-22-21(14-28)23(18-6-4-17(13-27)5-7-18)24(16(3)30-22)31-26(33)20-10-8-19(9-11-20)25(29)32;;/h4-11,15H,12-14,27-28H2,1-3H3,(H2,29,32)(H,31,33);2*1H. The summed E-state index contributed by atoms with van der Waals surface area (Å²) in [5, 5.41) is 3.03. The first-order valence-electron chi connectivity index (χ1n) is 11.0. The van der Waals surface area contributed by atoms with Crippen LogP contribution in [0.2, 0.25) is 0 Å². The van der Waals surface area contributed by atoms with Crippen molar-refractivity contribution in [1.29, 1.82) is 0 Å². The van der Waals surface area contributed by atoms with Gasteiger partial charge < -0.3 is 22.5 Å². The molecule has 0 unspecified atom stereocenters. The average molecular weight is 518 g/mol. The van der Waals surface area contributed by atoms with Gasteiger partial charge in [-0.25, -0.2) is 0 Å². The molecule has 188 valence electrons. The summed E-state index contributed by atoms with van der Waals surface area (Å²) in [5.41, 5.74) is 24.0. The smallest absolute Gasteiger partial charge is 0.255 e. The number of hydrogen-bond acceptors (Lipinski definition) is 5. The van der Waals surface area contributed by atoms with E-state index < -0.39 is 5.91 Å². The zero-order chi connectivity index (χ0) is 24.1. The lowest BCUT2D eigenvalue weighted by atomic mass is 9.92. The molecule has 7 N–H and O–H groups in total. The van der Waals surface area contributed by atoms with Crippen molar-refractivity contribution in [1.82, 2.24) is 4.98 Å². The number of benzene rings is 2. The number of nitrogens with zero attached hydrogens (tertiary/aromatic N) is 1. The number of aryl methyl sites for hydroxylation is 1. The van der Waals surface area contributed by atoms with E-state index in [1.54, 1.807) is 12.1 Å². The molecule has 0 aliphatic heterocycles. The molecule has 1 heterocycles. The van der Waals surface area contributed by atoms with E-state index >= 15 is 0 Å². The van der Waals surface area contributed by atoms with Crippen molar-refractivity contribution in [3.05, 3.63) is 82.2 Å². The normalized spacial score (nSPS) is 10.3. The zero-order valence-electron chi connectivity index (χ0n) is 20.1. The lowest BCUT2D eigenvalue weighted by molar-refractivity contribution is 0.0995. The highest BCUT2D eigenvalue weighted by atomic mass is 35.5. The van der Waals surface area contributed by atoms with Gasteiger partial charge in [-0.1, -0.05) is 38.1 Å². The minimum Gasteiger partial charge on any atom is -0.366 e. The van der Waals surface area contributed by atoms with Crippen LogP contribution in [0.15, 0.2) is 48.5 Å². The number of amides is 2. The van der Waals surface area contributed by atoms with E-state index in [0.29, 0.717) is 41.5 Å². The first kappa shape index (κ1) is 30.1. The highest BCUT2D eigenvalue weighted by Gasteiger charge is 2.21. The number of nitrogens with two attached hydrogens (primary N) is 3. The van der Waals surface area contributed by atoms with Gasteiger partial charge in [0.2, 0.25) is 5.91 Å². The van der Waals surface area contributed by atoms with Gasteiger partial charge in [0.15, 0.2) is 0 Å². The Bertz CT molecular complexity index is 1160. The van der Waals surface area contributed by atoms with Crippen molar-refractivity contribution >= 4 is 42.3 Å². The largest absolute Gasteiger partial charge is 0.366 e. The molecule has 3 rings (SSSR count). The van der Waals surface area contributed by atoms with E-state index in [-0.39, 0.29) is 30.7 Å². The summed E-state index contributed by atoms with van der Waals surface area (Å²) in [6.07, 6.45) is 0.782. The van der Waals surface area contributed by atoms with Crippen LogP contribution in [0.25, 0.3) is 11.1 Å². The molecule has 2 amide bonds. The molecule has 9 heteroatoms. The number of nitrogens with one attached hydrogen (secondary N) is 1. The summed E-state index contributed by atoms with van der Waals surface area (Å²) in [6, 6.07) is 14.1. The Balaban J connectivity index is 0.00000306. The van der Waals surface area contributed by atoms with Crippen molar-refractivity contribution in [3.63, 3.8) is 0 Å². The van der Waals surface area contributed by atoms with Crippen LogP contribution >= 0.6 is 24.8 Å². The van der Waals surface area contributed by atoms with Gasteiger partial charge in [-0.2, -0.15) is 0 Å². The highest BCUT2D eigenvalue weighted by Crippen LogP contribution is 2.36. The second kappa shape index (κ2) is 13.2. The molecule has 0 bridgehead atoms. The second-order valence-electron chi connectivity index (χ2n) is 8.47. The summed E-state index contributed by atoms with van der Waals surface area (Å²) in [7, 11) is 0. The molecular formula is C26H33Cl2N5O2. The molecule has 0 spiro atoms. The topological polar surface area (TPSA) is 137 Å². The zero-order valence-corrected chi connectivity index (χ0v) is 21.8. The molecule has 35 heavy (non-hydrogen) atoms. The third kappa shape index (κ3) is 7.02. The minimum atomic E-state index is -0.543. The lowest BCUT2D eigenvalue weighted by Crippen LogP contribution is -2.18. The van der Waals surface area contributed by atoms with Crippen LogP contribution in [0.5, 0.6) is 0 Å². The predicted molar refractivity (Wildman–Crippen MR) is 146 cm³/mol. The average Bonchev–Trinajstić information content (AvgIpc) is 2.80. The number of pyridine rings is 1. The molecule has 0 atom stereocenters. The molecule has 0 aliphatic rings. The fourth-order valence-corrected chi connectivity index (χ4v) is 3.83. The van der Waals surface area contributed by atoms with Crippen LogP contribution in [-0.2, 0) is 19.5 Å². The molecule has 3 aromatic rings. The van der Waals surface area contributed by atoms with Gasteiger partial charge in [-0.15, -0.1) is 24.8 Å². The Morgan fingerprint density at radius 2 is 1.49 bits per heavy atom. The summed E-state index contributed by atoms with van der Waals surface area (Å²) >= 11 is 0. The van der Waals surface area contributed by atoms with Crippen molar-refractivity contribution < 1.29 is 9.59 Å². The number of anilines is 1. The molecule has 0 aliphatic carbocycles. The maximum atomic E-state index is 13.1. The third-order valence-corrected chi connectivity index (χ3v) is 5.52. The van der Waals surface area contributed by atoms with Gasteiger partial charge in [0.05, 0.1) is 11.4 Å². The van der Waals surface area contributed by atoms with Crippen molar-refractivity contribution in [2.75, 3.05) is 5.32 Å². The third-order valence-electron chi connectivity index (χ3n) is 5.52. The Labute approximate surface area is 218 Å². The number of carbonyl (C=O) groups is 2. The molecule has 1 aromatic heterocycles. The van der Waals surface area contributed by atoms with E-state index in [2.05, 4.69) is 19.2 Å². The van der Waals surface area contributed by atoms with Gasteiger partial charge in [-0.05, 0) is 60.2 Å². The van der Waals surface area contributed by atoms with Gasteiger partial charge in [0.1, 0.15) is 0 Å². The van der Waals surface area contributed by atoms with E-state index in [0.717, 1.165) is 34.4 Å². The van der Waals surface area contributed by atoms with E-state index in [1.807, 2.05) is 31.2 Å². The summed E-state index contributed by atoms with van der Waals surface area (Å²) in [5.74, 6) is -0.451. The minimum absolute atomic E-state index is 0. The molecule has 0 radical (unpaired) electrons. The number of primary amides is 1. The molecule has 0 saturated carbocycles. The van der Waals surface area contributed by atoms with Crippen LogP contribution in [0.3, 0.4) is 0 Å². The van der Waals surface area contributed by atoms with E-state index in [1.165, 1.54) is 12.1 Å². The number of aromatic nitrogens is 1. The van der Waals surface area contributed by atoms with Gasteiger partial charge in [-0.3, -0.25) is 14.6 Å². The second-order valence-corrected chi connectivity index (χ2v) is 8.47. The molecule has 0 saturated heterocycles. The fraction of sp³-hybridized carbons (Fsp3) is 0.269. The van der Waals surface area contributed by atoms with Gasteiger partial charge >= 0.3 is 0 Å². The fourth-order valence-electron chi connectivity index (χ4n) is 3.83. The van der Waals surface area contributed by atoms with Crippen molar-refractivity contribution in [2.45, 2.75) is 40.3 Å². The van der Waals surface area contributed by atoms with Gasteiger partial charge in [0, 0.05) is 35.5 Å². The van der Waals surface area contributed by atoms with Crippen LogP contribution in [-0.4, -0.2) is 16.8 Å². The SMILES string of the molecule is Cc1nc(CC(C)C)c(CN)c(-c2ccc(CN)cc2)c1NC(=O)c1ccc(C(N)=O)cc1.Cl.Cl. The van der Waals surface area contributed by atoms with E-state index in [4.69, 9.17) is 22.2 Å². The molecule has 0 fully saturated rings. The number of rotatable bonds is 8. The van der Waals surface area contributed by atoms with Crippen LogP contribution < -0.4 is 22.5 Å². The molecule has 2 aromatic carbocycles. The Morgan fingerprint density at radius 3 is 1.97 bits per heavy atom. The maximum absolute atomic E-state index is 13.1. The lowest BCUT2D eigenvalue weighted by Gasteiger charge is -2.21. The number of hydrogen-bond donors (Lipinski definition) is 4. The van der Waals surface area contributed by atoms with E-state index in [9.17, 15) is 9.59 Å². The molecule has 7 nitrogen and oxygen atoms in total. The summed E-state index contributed by atoms with van der Waals surface area (Å²) in [4.78, 5) is 29.2. The molecular weight excluding hydrogens is 485 g/mol. The summed E-state index contributed by atoms with van der Waals surface area (Å²) in [6.45, 7) is 6.90.